The molecule has 2 aromatic rings. The van der Waals surface area contributed by atoms with Gasteiger partial charge in [-0.25, -0.2) is 0 Å². The summed E-state index contributed by atoms with van der Waals surface area (Å²) in [5, 5.41) is 8.40. The molecule has 1 atom stereocenters. The molecule has 0 unspecified atom stereocenters. The fourth-order valence-electron chi connectivity index (χ4n) is 4.24. The largest absolute Gasteiger partial charge is 0.351 e. The van der Waals surface area contributed by atoms with Crippen molar-refractivity contribution in [3.05, 3.63) is 22.1 Å². The van der Waals surface area contributed by atoms with Crippen LogP contribution >= 0.6 is 11.3 Å². The highest BCUT2D eigenvalue weighted by atomic mass is 32.1. The summed E-state index contributed by atoms with van der Waals surface area (Å²) in [6.45, 7) is 8.05. The maximum atomic E-state index is 12.7. The van der Waals surface area contributed by atoms with Crippen LogP contribution in [-0.4, -0.2) is 64.7 Å². The van der Waals surface area contributed by atoms with Crippen molar-refractivity contribution >= 4 is 27.3 Å². The topological polar surface area (TPSA) is 82.8 Å². The summed E-state index contributed by atoms with van der Waals surface area (Å²) in [5.41, 5.74) is -0.129. The first-order chi connectivity index (χ1) is 14.1. The number of nitrogens with one attached hydrogen (secondary N) is 1. The Morgan fingerprint density at radius 1 is 1.24 bits per heavy atom. The molecule has 8 nitrogen and oxygen atoms in total. The molecule has 0 spiro atoms. The molecule has 9 heteroatoms. The summed E-state index contributed by atoms with van der Waals surface area (Å²) < 4.78 is 1.53. The minimum atomic E-state index is -0.398. The molecule has 0 radical (unpaired) electrons. The molecule has 0 aromatic carbocycles. The second-order valence-electron chi connectivity index (χ2n) is 8.26. The lowest BCUT2D eigenvalue weighted by molar-refractivity contribution is 0.0943. The number of piperidine rings is 2. The van der Waals surface area contributed by atoms with E-state index in [0.29, 0.717) is 17.4 Å². The number of aromatic nitrogens is 3. The van der Waals surface area contributed by atoms with E-state index in [2.05, 4.69) is 32.1 Å². The number of carbonyl (C=O) groups excluding carboxylic acids is 1. The number of carbonyl (C=O) groups is 1. The van der Waals surface area contributed by atoms with E-state index in [1.165, 1.54) is 47.6 Å². The van der Waals surface area contributed by atoms with E-state index >= 15 is 0 Å². The van der Waals surface area contributed by atoms with Gasteiger partial charge < -0.3 is 15.1 Å². The van der Waals surface area contributed by atoms with E-state index in [1.54, 1.807) is 0 Å². The van der Waals surface area contributed by atoms with Gasteiger partial charge in [0.25, 0.3) is 11.5 Å². The molecule has 2 aliphatic heterocycles. The van der Waals surface area contributed by atoms with Gasteiger partial charge in [-0.15, -0.1) is 5.10 Å². The average molecular weight is 419 g/mol. The summed E-state index contributed by atoms with van der Waals surface area (Å²) >= 11 is 1.38. The zero-order chi connectivity index (χ0) is 20.2. The monoisotopic (exact) mass is 418 g/mol. The van der Waals surface area contributed by atoms with Gasteiger partial charge in [0.2, 0.25) is 10.1 Å². The SMILES string of the molecule is C[C@H]1CCCN(c2nn3c(C(=O)NCCCN4CCCCC4)cc(=O)nc3s2)C1. The lowest BCUT2D eigenvalue weighted by Gasteiger charge is -2.30. The van der Waals surface area contributed by atoms with Crippen LogP contribution in [0, 0.1) is 5.92 Å². The Labute approximate surface area is 174 Å². The third-order valence-electron chi connectivity index (χ3n) is 5.79. The fraction of sp³-hybridized carbons (Fsp3) is 0.700. The van der Waals surface area contributed by atoms with Gasteiger partial charge in [-0.3, -0.25) is 9.59 Å². The Morgan fingerprint density at radius 2 is 2.07 bits per heavy atom. The highest BCUT2D eigenvalue weighted by molar-refractivity contribution is 7.20. The first kappa shape index (κ1) is 20.3. The minimum absolute atomic E-state index is 0.262. The summed E-state index contributed by atoms with van der Waals surface area (Å²) in [6.07, 6.45) is 7.13. The van der Waals surface area contributed by atoms with Crippen molar-refractivity contribution in [3.63, 3.8) is 0 Å². The highest BCUT2D eigenvalue weighted by Crippen LogP contribution is 2.27. The van der Waals surface area contributed by atoms with Crippen LogP contribution < -0.4 is 15.8 Å². The zero-order valence-electron chi connectivity index (χ0n) is 17.1. The molecular weight excluding hydrogens is 388 g/mol. The molecule has 2 saturated heterocycles. The third kappa shape index (κ3) is 4.95. The van der Waals surface area contributed by atoms with Crippen molar-refractivity contribution in [2.75, 3.05) is 44.2 Å². The van der Waals surface area contributed by atoms with Crippen molar-refractivity contribution in [2.24, 2.45) is 5.92 Å². The van der Waals surface area contributed by atoms with Crippen LogP contribution in [0.3, 0.4) is 0 Å². The van der Waals surface area contributed by atoms with E-state index in [-0.39, 0.29) is 11.6 Å². The average Bonchev–Trinajstić information content (AvgIpc) is 3.15. The summed E-state index contributed by atoms with van der Waals surface area (Å²) in [5.74, 6) is 0.355. The molecular formula is C20H30N6O2S. The Balaban J connectivity index is 1.43. The van der Waals surface area contributed by atoms with Crippen molar-refractivity contribution in [1.82, 2.24) is 24.8 Å². The van der Waals surface area contributed by atoms with Crippen LogP contribution in [0.1, 0.15) is 55.9 Å². The quantitative estimate of drug-likeness (QED) is 0.723. The molecule has 2 fully saturated rings. The molecule has 158 valence electrons. The van der Waals surface area contributed by atoms with Crippen LogP contribution in [0.4, 0.5) is 5.13 Å². The van der Waals surface area contributed by atoms with Gasteiger partial charge in [0.05, 0.1) is 0 Å². The van der Waals surface area contributed by atoms with Crippen LogP contribution in [0.25, 0.3) is 4.96 Å². The predicted octanol–water partition coefficient (Wildman–Crippen LogP) is 1.99. The fourth-order valence-corrected chi connectivity index (χ4v) is 5.18. The van der Waals surface area contributed by atoms with Gasteiger partial charge in [0.1, 0.15) is 5.69 Å². The number of anilines is 1. The molecule has 29 heavy (non-hydrogen) atoms. The van der Waals surface area contributed by atoms with Crippen molar-refractivity contribution in [2.45, 2.75) is 45.4 Å². The molecule has 1 amide bonds. The van der Waals surface area contributed by atoms with Gasteiger partial charge in [0, 0.05) is 25.7 Å². The van der Waals surface area contributed by atoms with E-state index in [9.17, 15) is 9.59 Å². The van der Waals surface area contributed by atoms with E-state index in [1.807, 2.05) is 0 Å². The van der Waals surface area contributed by atoms with Gasteiger partial charge in [-0.1, -0.05) is 24.7 Å². The summed E-state index contributed by atoms with van der Waals surface area (Å²) in [6, 6.07) is 1.29. The van der Waals surface area contributed by atoms with Crippen LogP contribution in [-0.2, 0) is 0 Å². The number of amides is 1. The van der Waals surface area contributed by atoms with Gasteiger partial charge in [-0.2, -0.15) is 9.50 Å². The van der Waals surface area contributed by atoms with Crippen LogP contribution in [0.5, 0.6) is 0 Å². The lowest BCUT2D eigenvalue weighted by Crippen LogP contribution is -2.34. The van der Waals surface area contributed by atoms with Gasteiger partial charge in [-0.05, 0) is 57.7 Å². The van der Waals surface area contributed by atoms with Crippen LogP contribution in [0.2, 0.25) is 0 Å². The van der Waals surface area contributed by atoms with Crippen molar-refractivity contribution in [1.29, 1.82) is 0 Å². The smallest absolute Gasteiger partial charge is 0.274 e. The normalized spacial score (nSPS) is 20.9. The number of fused-ring (bicyclic) bond motifs is 1. The standard InChI is InChI=1S/C20H30N6O2S/c1-15-7-5-12-25(14-15)20-23-26-16(13-17(27)22-19(26)29-20)18(28)21-8-6-11-24-9-3-2-4-10-24/h13,15H,2-12,14H2,1H3,(H,21,28)/t15-/m0/s1. The maximum Gasteiger partial charge on any atom is 0.274 e. The molecule has 1 N–H and O–H groups in total. The molecule has 0 aliphatic carbocycles. The number of likely N-dealkylation sites (tertiary alicyclic amines) is 1. The Morgan fingerprint density at radius 3 is 2.86 bits per heavy atom. The molecule has 4 rings (SSSR count). The Kier molecular flexibility index (Phi) is 6.44. The third-order valence-corrected chi connectivity index (χ3v) is 6.76. The number of nitrogens with zero attached hydrogens (tertiary/aromatic N) is 5. The molecule has 2 aliphatic rings. The van der Waals surface area contributed by atoms with E-state index < -0.39 is 5.56 Å². The summed E-state index contributed by atoms with van der Waals surface area (Å²) in [4.78, 5) is 34.0. The van der Waals surface area contributed by atoms with E-state index in [0.717, 1.165) is 50.7 Å². The van der Waals surface area contributed by atoms with Crippen molar-refractivity contribution < 1.29 is 4.79 Å². The second kappa shape index (κ2) is 9.21. The molecule has 4 heterocycles. The molecule has 0 bridgehead atoms. The number of rotatable bonds is 6. The Bertz CT molecular complexity index is 904. The van der Waals surface area contributed by atoms with Crippen molar-refractivity contribution in [3.8, 4) is 0 Å². The van der Waals surface area contributed by atoms with Gasteiger partial charge >= 0.3 is 0 Å². The maximum absolute atomic E-state index is 12.7. The zero-order valence-corrected chi connectivity index (χ0v) is 17.9. The lowest BCUT2D eigenvalue weighted by atomic mass is 10.0. The number of hydrogen-bond acceptors (Lipinski definition) is 7. The first-order valence-electron chi connectivity index (χ1n) is 10.8. The Hall–Kier alpha value is -2.00. The van der Waals surface area contributed by atoms with Crippen LogP contribution in [0.15, 0.2) is 10.9 Å². The predicted molar refractivity (Wildman–Crippen MR) is 115 cm³/mol. The highest BCUT2D eigenvalue weighted by Gasteiger charge is 2.22. The second-order valence-corrected chi connectivity index (χ2v) is 9.20. The number of hydrogen-bond donors (Lipinski definition) is 1. The summed E-state index contributed by atoms with van der Waals surface area (Å²) in [7, 11) is 0. The minimum Gasteiger partial charge on any atom is -0.351 e. The first-order valence-corrected chi connectivity index (χ1v) is 11.6. The van der Waals surface area contributed by atoms with Gasteiger partial charge in [0.15, 0.2) is 0 Å². The molecule has 2 aromatic heterocycles. The molecule has 0 saturated carbocycles. The van der Waals surface area contributed by atoms with E-state index in [4.69, 9.17) is 0 Å².